The number of hydrogen-bond donors (Lipinski definition) is 1. The zero-order valence-electron chi connectivity index (χ0n) is 14.3. The average Bonchev–Trinajstić information content (AvgIpc) is 3.16. The number of pyridine rings is 1. The number of carbonyl (C=O) groups excluding carboxylic acids is 1. The summed E-state index contributed by atoms with van der Waals surface area (Å²) in [6.45, 7) is 1.68. The van der Waals surface area contributed by atoms with Crippen molar-refractivity contribution in [2.24, 2.45) is 0 Å². The molecule has 1 atom stereocenters. The van der Waals surface area contributed by atoms with Crippen molar-refractivity contribution in [3.63, 3.8) is 0 Å². The molecule has 7 heteroatoms. The van der Waals surface area contributed by atoms with E-state index in [0.29, 0.717) is 31.2 Å². The molecule has 1 amide bonds. The molecule has 1 aliphatic rings. The first kappa shape index (κ1) is 18.6. The van der Waals surface area contributed by atoms with Crippen LogP contribution in [-0.4, -0.2) is 53.4 Å². The highest BCUT2D eigenvalue weighted by molar-refractivity contribution is 6.32. The van der Waals surface area contributed by atoms with Gasteiger partial charge in [-0.1, -0.05) is 41.9 Å². The Labute approximate surface area is 157 Å². The second kappa shape index (κ2) is 8.98. The van der Waals surface area contributed by atoms with Crippen molar-refractivity contribution < 1.29 is 19.4 Å². The number of aliphatic hydroxyl groups excluding tert-OH is 1. The zero-order chi connectivity index (χ0) is 18.4. The fraction of sp³-hybridized carbons (Fsp3) is 0.368. The number of benzene rings is 1. The van der Waals surface area contributed by atoms with Gasteiger partial charge >= 0.3 is 0 Å². The summed E-state index contributed by atoms with van der Waals surface area (Å²) in [6, 6.07) is 11.2. The number of aromatic nitrogens is 1. The summed E-state index contributed by atoms with van der Waals surface area (Å²) >= 11 is 6.25. The predicted octanol–water partition coefficient (Wildman–Crippen LogP) is 2.54. The Morgan fingerprint density at radius 1 is 1.38 bits per heavy atom. The largest absolute Gasteiger partial charge is 0.471 e. The molecule has 1 aromatic carbocycles. The van der Waals surface area contributed by atoms with Crippen molar-refractivity contribution in [1.29, 1.82) is 0 Å². The van der Waals surface area contributed by atoms with Gasteiger partial charge in [0.25, 0.3) is 5.91 Å². The van der Waals surface area contributed by atoms with Crippen LogP contribution in [0.4, 0.5) is 0 Å². The molecule has 0 aliphatic carbocycles. The van der Waals surface area contributed by atoms with Gasteiger partial charge < -0.3 is 19.5 Å². The Morgan fingerprint density at radius 3 is 2.85 bits per heavy atom. The minimum Gasteiger partial charge on any atom is -0.471 e. The van der Waals surface area contributed by atoms with Gasteiger partial charge in [-0.15, -0.1) is 0 Å². The number of ether oxygens (including phenoxy) is 2. The molecule has 0 spiro atoms. The lowest BCUT2D eigenvalue weighted by molar-refractivity contribution is 0.0707. The molecule has 0 saturated carbocycles. The van der Waals surface area contributed by atoms with Gasteiger partial charge in [-0.2, -0.15) is 0 Å². The minimum atomic E-state index is -0.243. The summed E-state index contributed by atoms with van der Waals surface area (Å²) in [7, 11) is 0. The SMILES string of the molecule is O=C(c1cnc(OC2CCOC2)c(Cl)c1)N(CCO)Cc1ccccc1. The van der Waals surface area contributed by atoms with Crippen molar-refractivity contribution in [2.75, 3.05) is 26.4 Å². The molecule has 2 heterocycles. The predicted molar refractivity (Wildman–Crippen MR) is 97.4 cm³/mol. The highest BCUT2D eigenvalue weighted by Crippen LogP contribution is 2.25. The van der Waals surface area contributed by atoms with Crippen LogP contribution in [0.2, 0.25) is 5.02 Å². The maximum Gasteiger partial charge on any atom is 0.255 e. The third kappa shape index (κ3) is 4.72. The van der Waals surface area contributed by atoms with Gasteiger partial charge in [0.2, 0.25) is 5.88 Å². The normalized spacial score (nSPS) is 16.5. The van der Waals surface area contributed by atoms with Gasteiger partial charge in [-0.3, -0.25) is 4.79 Å². The molecule has 1 aliphatic heterocycles. The molecule has 1 N–H and O–H groups in total. The Bertz CT molecular complexity index is 736. The molecule has 1 aromatic heterocycles. The summed E-state index contributed by atoms with van der Waals surface area (Å²) < 4.78 is 11.0. The number of hydrogen-bond acceptors (Lipinski definition) is 5. The van der Waals surface area contributed by atoms with E-state index in [1.807, 2.05) is 30.3 Å². The first-order valence-corrected chi connectivity index (χ1v) is 8.89. The summed E-state index contributed by atoms with van der Waals surface area (Å²) in [6.07, 6.45) is 2.18. The lowest BCUT2D eigenvalue weighted by Gasteiger charge is -2.22. The van der Waals surface area contributed by atoms with Crippen LogP contribution in [0.5, 0.6) is 5.88 Å². The van der Waals surface area contributed by atoms with E-state index >= 15 is 0 Å². The van der Waals surface area contributed by atoms with Crippen LogP contribution in [0.3, 0.4) is 0 Å². The van der Waals surface area contributed by atoms with Gasteiger partial charge in [0.05, 0.1) is 25.4 Å². The van der Waals surface area contributed by atoms with Crippen molar-refractivity contribution in [1.82, 2.24) is 9.88 Å². The fourth-order valence-electron chi connectivity index (χ4n) is 2.75. The summed E-state index contributed by atoms with van der Waals surface area (Å²) in [5.74, 6) is 0.0588. The van der Waals surface area contributed by atoms with Crippen LogP contribution in [0, 0.1) is 0 Å². The molecule has 1 fully saturated rings. The Morgan fingerprint density at radius 2 is 2.19 bits per heavy atom. The van der Waals surface area contributed by atoms with Crippen molar-refractivity contribution in [3.8, 4) is 5.88 Å². The monoisotopic (exact) mass is 376 g/mol. The topological polar surface area (TPSA) is 71.9 Å². The zero-order valence-corrected chi connectivity index (χ0v) is 15.1. The summed E-state index contributed by atoms with van der Waals surface area (Å²) in [5, 5.41) is 9.58. The van der Waals surface area contributed by atoms with E-state index < -0.39 is 0 Å². The molecule has 138 valence electrons. The average molecular weight is 377 g/mol. The fourth-order valence-corrected chi connectivity index (χ4v) is 2.96. The van der Waals surface area contributed by atoms with Crippen LogP contribution in [-0.2, 0) is 11.3 Å². The Kier molecular flexibility index (Phi) is 6.44. The van der Waals surface area contributed by atoms with Gasteiger partial charge in [-0.25, -0.2) is 4.98 Å². The second-order valence-corrected chi connectivity index (χ2v) is 6.46. The molecule has 1 saturated heterocycles. The molecular weight excluding hydrogens is 356 g/mol. The standard InChI is InChI=1S/C19H21ClN2O4/c20-17-10-15(11-21-18(17)26-16-6-9-25-13-16)19(24)22(7-8-23)12-14-4-2-1-3-5-14/h1-5,10-11,16,23H,6-9,12-13H2. The van der Waals surface area contributed by atoms with Crippen LogP contribution in [0.15, 0.2) is 42.6 Å². The van der Waals surface area contributed by atoms with E-state index in [-0.39, 0.29) is 30.2 Å². The van der Waals surface area contributed by atoms with Gasteiger partial charge in [0.15, 0.2) is 0 Å². The van der Waals surface area contributed by atoms with E-state index in [4.69, 9.17) is 21.1 Å². The summed E-state index contributed by atoms with van der Waals surface area (Å²) in [5.41, 5.74) is 1.34. The lowest BCUT2D eigenvalue weighted by Crippen LogP contribution is -2.33. The lowest BCUT2D eigenvalue weighted by atomic mass is 10.2. The molecule has 1 unspecified atom stereocenters. The van der Waals surface area contributed by atoms with Gasteiger partial charge in [0.1, 0.15) is 11.1 Å². The maximum atomic E-state index is 12.8. The van der Waals surface area contributed by atoms with Crippen LogP contribution >= 0.6 is 11.6 Å². The highest BCUT2D eigenvalue weighted by atomic mass is 35.5. The van der Waals surface area contributed by atoms with E-state index in [1.165, 1.54) is 6.20 Å². The first-order chi connectivity index (χ1) is 12.7. The molecule has 2 aromatic rings. The smallest absolute Gasteiger partial charge is 0.255 e. The van der Waals surface area contributed by atoms with Crippen molar-refractivity contribution in [3.05, 3.63) is 58.7 Å². The van der Waals surface area contributed by atoms with Crippen molar-refractivity contribution in [2.45, 2.75) is 19.1 Å². The number of carbonyl (C=O) groups is 1. The van der Waals surface area contributed by atoms with E-state index in [0.717, 1.165) is 12.0 Å². The number of rotatable bonds is 7. The van der Waals surface area contributed by atoms with E-state index in [1.54, 1.807) is 11.0 Å². The third-order valence-corrected chi connectivity index (χ3v) is 4.36. The summed E-state index contributed by atoms with van der Waals surface area (Å²) in [4.78, 5) is 18.6. The third-order valence-electron chi connectivity index (χ3n) is 4.09. The number of amides is 1. The molecular formula is C19H21ClN2O4. The first-order valence-electron chi connectivity index (χ1n) is 8.51. The van der Waals surface area contributed by atoms with Crippen LogP contribution in [0.25, 0.3) is 0 Å². The van der Waals surface area contributed by atoms with Gasteiger partial charge in [0, 0.05) is 25.7 Å². The van der Waals surface area contributed by atoms with Crippen molar-refractivity contribution >= 4 is 17.5 Å². The molecule has 0 bridgehead atoms. The highest BCUT2D eigenvalue weighted by Gasteiger charge is 2.21. The Balaban J connectivity index is 1.72. The van der Waals surface area contributed by atoms with E-state index in [2.05, 4.69) is 4.98 Å². The molecule has 26 heavy (non-hydrogen) atoms. The van der Waals surface area contributed by atoms with Crippen LogP contribution in [0.1, 0.15) is 22.3 Å². The molecule has 6 nitrogen and oxygen atoms in total. The number of nitrogens with zero attached hydrogens (tertiary/aromatic N) is 2. The quantitative estimate of drug-likeness (QED) is 0.804. The van der Waals surface area contributed by atoms with Crippen LogP contribution < -0.4 is 4.74 Å². The Hall–Kier alpha value is -2.15. The minimum absolute atomic E-state index is 0.0643. The number of aliphatic hydroxyl groups is 1. The second-order valence-electron chi connectivity index (χ2n) is 6.05. The molecule has 3 rings (SSSR count). The van der Waals surface area contributed by atoms with E-state index in [9.17, 15) is 9.90 Å². The van der Waals surface area contributed by atoms with Gasteiger partial charge in [-0.05, 0) is 11.6 Å². The maximum absolute atomic E-state index is 12.8. The number of halogens is 1. The molecule has 0 radical (unpaired) electrons.